The second-order valence-electron chi connectivity index (χ2n) is 5.74. The number of hydrogen-bond donors (Lipinski definition) is 2. The molecule has 2 N–H and O–H groups in total. The molecule has 126 valence electrons. The smallest absolute Gasteiger partial charge is 0.250 e. The number of aryl methyl sites for hydroxylation is 2. The molecule has 1 atom stereocenters. The standard InChI is InChI=1S/C18H19NO3S2/c1-12-10-18(23-13(12)2)24(21,22)19-11-17(20)16-9-5-7-14-6-3-4-8-15(14)16/h3-10,17,19-20H,11H2,1-2H3. The van der Waals surface area contributed by atoms with Crippen LogP contribution in [0.5, 0.6) is 0 Å². The zero-order valence-electron chi connectivity index (χ0n) is 13.5. The summed E-state index contributed by atoms with van der Waals surface area (Å²) in [5, 5.41) is 12.4. The van der Waals surface area contributed by atoms with Gasteiger partial charge in [0.25, 0.3) is 0 Å². The summed E-state index contributed by atoms with van der Waals surface area (Å²) in [5.74, 6) is 0. The lowest BCUT2D eigenvalue weighted by Crippen LogP contribution is -2.28. The molecule has 0 spiro atoms. The quantitative estimate of drug-likeness (QED) is 0.730. The molecule has 1 aromatic heterocycles. The van der Waals surface area contributed by atoms with Crippen LogP contribution in [0.25, 0.3) is 10.8 Å². The first-order valence-electron chi connectivity index (χ1n) is 7.61. The van der Waals surface area contributed by atoms with Gasteiger partial charge in [-0.1, -0.05) is 42.5 Å². The molecule has 6 heteroatoms. The third-order valence-electron chi connectivity index (χ3n) is 4.06. The van der Waals surface area contributed by atoms with Crippen LogP contribution in [0.1, 0.15) is 22.1 Å². The van der Waals surface area contributed by atoms with Gasteiger partial charge in [0.15, 0.2) is 0 Å². The third-order valence-corrected chi connectivity index (χ3v) is 7.11. The second kappa shape index (κ2) is 6.64. The molecule has 0 aliphatic rings. The van der Waals surface area contributed by atoms with Crippen molar-refractivity contribution in [1.29, 1.82) is 0 Å². The molecule has 0 aliphatic carbocycles. The zero-order valence-corrected chi connectivity index (χ0v) is 15.1. The minimum absolute atomic E-state index is 0.0632. The van der Waals surface area contributed by atoms with Gasteiger partial charge in [-0.2, -0.15) is 0 Å². The van der Waals surface area contributed by atoms with Crippen LogP contribution < -0.4 is 4.72 Å². The van der Waals surface area contributed by atoms with Crippen LogP contribution in [0.4, 0.5) is 0 Å². The summed E-state index contributed by atoms with van der Waals surface area (Å²) in [4.78, 5) is 0.977. The average molecular weight is 361 g/mol. The number of sulfonamides is 1. The molecule has 4 nitrogen and oxygen atoms in total. The largest absolute Gasteiger partial charge is 0.387 e. The molecule has 3 rings (SSSR count). The molecule has 0 saturated heterocycles. The Morgan fingerprint density at radius 3 is 2.54 bits per heavy atom. The van der Waals surface area contributed by atoms with E-state index < -0.39 is 16.1 Å². The van der Waals surface area contributed by atoms with E-state index >= 15 is 0 Å². The maximum Gasteiger partial charge on any atom is 0.250 e. The Hall–Kier alpha value is -1.73. The number of fused-ring (bicyclic) bond motifs is 1. The van der Waals surface area contributed by atoms with Crippen molar-refractivity contribution in [2.24, 2.45) is 0 Å². The van der Waals surface area contributed by atoms with Gasteiger partial charge in [0.1, 0.15) is 4.21 Å². The molecule has 0 fully saturated rings. The highest BCUT2D eigenvalue weighted by atomic mass is 32.2. The topological polar surface area (TPSA) is 66.4 Å². The number of thiophene rings is 1. The van der Waals surface area contributed by atoms with Gasteiger partial charge in [-0.15, -0.1) is 11.3 Å². The van der Waals surface area contributed by atoms with Gasteiger partial charge in [-0.05, 0) is 41.8 Å². The van der Waals surface area contributed by atoms with Gasteiger partial charge in [0.05, 0.1) is 6.10 Å². The van der Waals surface area contributed by atoms with Crippen molar-refractivity contribution in [2.45, 2.75) is 24.2 Å². The highest BCUT2D eigenvalue weighted by Gasteiger charge is 2.20. The molecular formula is C18H19NO3S2. The van der Waals surface area contributed by atoms with Crippen molar-refractivity contribution in [3.63, 3.8) is 0 Å². The zero-order chi connectivity index (χ0) is 17.3. The van der Waals surface area contributed by atoms with E-state index in [1.54, 1.807) is 6.07 Å². The summed E-state index contributed by atoms with van der Waals surface area (Å²) in [7, 11) is -3.61. The van der Waals surface area contributed by atoms with Gasteiger partial charge in [-0.3, -0.25) is 0 Å². The lowest BCUT2D eigenvalue weighted by atomic mass is 10.0. The van der Waals surface area contributed by atoms with Crippen LogP contribution in [-0.4, -0.2) is 20.1 Å². The van der Waals surface area contributed by atoms with Gasteiger partial charge >= 0.3 is 0 Å². The lowest BCUT2D eigenvalue weighted by Gasteiger charge is -2.14. The van der Waals surface area contributed by atoms with Crippen molar-refractivity contribution in [3.8, 4) is 0 Å². The molecule has 0 saturated carbocycles. The van der Waals surface area contributed by atoms with Crippen LogP contribution in [0.15, 0.2) is 52.7 Å². The summed E-state index contributed by atoms with van der Waals surface area (Å²) < 4.78 is 27.6. The van der Waals surface area contributed by atoms with E-state index in [0.29, 0.717) is 5.56 Å². The molecule has 0 bridgehead atoms. The van der Waals surface area contributed by atoms with Gasteiger partial charge in [0.2, 0.25) is 10.0 Å². The number of nitrogens with one attached hydrogen (secondary N) is 1. The lowest BCUT2D eigenvalue weighted by molar-refractivity contribution is 0.183. The Morgan fingerprint density at radius 1 is 1.12 bits per heavy atom. The van der Waals surface area contributed by atoms with Crippen LogP contribution in [0, 0.1) is 13.8 Å². The van der Waals surface area contributed by atoms with E-state index in [1.165, 1.54) is 11.3 Å². The summed E-state index contributed by atoms with van der Waals surface area (Å²) >= 11 is 1.24. The van der Waals surface area contributed by atoms with Crippen LogP contribution >= 0.6 is 11.3 Å². The first-order chi connectivity index (χ1) is 11.4. The van der Waals surface area contributed by atoms with Gasteiger partial charge in [-0.25, -0.2) is 13.1 Å². The fourth-order valence-corrected chi connectivity index (χ4v) is 5.18. The Morgan fingerprint density at radius 2 is 1.83 bits per heavy atom. The van der Waals surface area contributed by atoms with Crippen molar-refractivity contribution >= 4 is 32.1 Å². The number of aliphatic hydroxyl groups excluding tert-OH is 1. The molecule has 0 amide bonds. The molecular weight excluding hydrogens is 342 g/mol. The Balaban J connectivity index is 1.81. The SMILES string of the molecule is Cc1cc(S(=O)(=O)NCC(O)c2cccc3ccccc23)sc1C. The van der Waals surface area contributed by atoms with E-state index in [0.717, 1.165) is 21.2 Å². The maximum atomic E-state index is 12.4. The van der Waals surface area contributed by atoms with E-state index in [1.807, 2.05) is 56.3 Å². The number of benzene rings is 2. The van der Waals surface area contributed by atoms with Crippen molar-refractivity contribution < 1.29 is 13.5 Å². The third kappa shape index (κ3) is 3.37. The molecule has 24 heavy (non-hydrogen) atoms. The Labute approximate surface area is 145 Å². The van der Waals surface area contributed by atoms with Gasteiger partial charge < -0.3 is 5.11 Å². The van der Waals surface area contributed by atoms with Crippen molar-refractivity contribution in [2.75, 3.05) is 6.54 Å². The fourth-order valence-electron chi connectivity index (χ4n) is 2.58. The van der Waals surface area contributed by atoms with Crippen molar-refractivity contribution in [3.05, 3.63) is 64.5 Å². The average Bonchev–Trinajstić information content (AvgIpc) is 2.92. The fraction of sp³-hybridized carbons (Fsp3) is 0.222. The van der Waals surface area contributed by atoms with E-state index in [4.69, 9.17) is 0 Å². The van der Waals surface area contributed by atoms with E-state index in [2.05, 4.69) is 4.72 Å². The van der Waals surface area contributed by atoms with Crippen molar-refractivity contribution in [1.82, 2.24) is 4.72 Å². The molecule has 2 aromatic carbocycles. The summed E-state index contributed by atoms with van der Waals surface area (Å²) in [5.41, 5.74) is 1.67. The number of hydrogen-bond acceptors (Lipinski definition) is 4. The predicted molar refractivity (Wildman–Crippen MR) is 97.9 cm³/mol. The molecule has 1 heterocycles. The van der Waals surface area contributed by atoms with E-state index in [-0.39, 0.29) is 10.8 Å². The molecule has 0 radical (unpaired) electrons. The first-order valence-corrected chi connectivity index (χ1v) is 9.91. The molecule has 0 aliphatic heterocycles. The Bertz CT molecular complexity index is 952. The van der Waals surface area contributed by atoms with Crippen LogP contribution in [0.2, 0.25) is 0 Å². The summed E-state index contributed by atoms with van der Waals surface area (Å²) in [6.07, 6.45) is -0.909. The summed E-state index contributed by atoms with van der Waals surface area (Å²) in [6, 6.07) is 15.0. The first kappa shape index (κ1) is 17.1. The normalized spacial score (nSPS) is 13.3. The number of rotatable bonds is 5. The highest BCUT2D eigenvalue weighted by molar-refractivity contribution is 7.91. The Kier molecular flexibility index (Phi) is 4.73. The van der Waals surface area contributed by atoms with E-state index in [9.17, 15) is 13.5 Å². The monoisotopic (exact) mass is 361 g/mol. The number of aliphatic hydroxyl groups is 1. The highest BCUT2D eigenvalue weighted by Crippen LogP contribution is 2.26. The molecule has 3 aromatic rings. The summed E-state index contributed by atoms with van der Waals surface area (Å²) in [6.45, 7) is 3.71. The second-order valence-corrected chi connectivity index (χ2v) is 8.99. The van der Waals surface area contributed by atoms with Crippen LogP contribution in [0.3, 0.4) is 0 Å². The molecule has 1 unspecified atom stereocenters. The minimum atomic E-state index is -3.61. The predicted octanol–water partition coefficient (Wildman–Crippen LogP) is 3.53. The maximum absolute atomic E-state index is 12.4. The van der Waals surface area contributed by atoms with Crippen LogP contribution in [-0.2, 0) is 10.0 Å². The minimum Gasteiger partial charge on any atom is -0.387 e. The van der Waals surface area contributed by atoms with Gasteiger partial charge in [0, 0.05) is 11.4 Å².